The first-order chi connectivity index (χ1) is 16.8. The number of nitrogens with zero attached hydrogens (tertiary/aromatic N) is 2. The number of ether oxygens (including phenoxy) is 2. The highest BCUT2D eigenvalue weighted by Gasteiger charge is 2.39. The van der Waals surface area contributed by atoms with Gasteiger partial charge >= 0.3 is 0 Å². The van der Waals surface area contributed by atoms with Crippen molar-refractivity contribution in [2.45, 2.75) is 42.2 Å². The van der Waals surface area contributed by atoms with Gasteiger partial charge < -0.3 is 25.4 Å². The Hall–Kier alpha value is -3.13. The van der Waals surface area contributed by atoms with Gasteiger partial charge in [-0.25, -0.2) is 9.97 Å². The summed E-state index contributed by atoms with van der Waals surface area (Å²) < 4.78 is 11.4. The monoisotopic (exact) mass is 488 g/mol. The van der Waals surface area contributed by atoms with Gasteiger partial charge in [0.25, 0.3) is 0 Å². The molecule has 0 aliphatic carbocycles. The second-order valence-electron chi connectivity index (χ2n) is 8.99. The zero-order valence-electron chi connectivity index (χ0n) is 19.7. The van der Waals surface area contributed by atoms with E-state index in [1.165, 1.54) is 18.1 Å². The molecule has 2 aromatic carbocycles. The molecule has 5 rings (SSSR count). The normalized spacial score (nSPS) is 22.3. The lowest BCUT2D eigenvalue weighted by Gasteiger charge is -2.24. The summed E-state index contributed by atoms with van der Waals surface area (Å²) in [6.07, 6.45) is 7.11. The van der Waals surface area contributed by atoms with Crippen molar-refractivity contribution in [2.24, 2.45) is 5.73 Å². The van der Waals surface area contributed by atoms with E-state index < -0.39 is 10.8 Å². The molecule has 5 N–H and O–H groups in total. The van der Waals surface area contributed by atoms with Gasteiger partial charge in [0.05, 0.1) is 17.6 Å². The number of terminal acetylenes is 1. The molecule has 2 aliphatic heterocycles. The van der Waals surface area contributed by atoms with Crippen LogP contribution in [0.1, 0.15) is 30.5 Å². The number of nitrogens with two attached hydrogens (primary N) is 1. The molecule has 1 aromatic heterocycles. The summed E-state index contributed by atoms with van der Waals surface area (Å²) in [6, 6.07) is 15.9. The second kappa shape index (κ2) is 9.49. The number of nitrogens with one attached hydrogen (secondary N) is 3. The summed E-state index contributed by atoms with van der Waals surface area (Å²) in [6.45, 7) is 5.94. The van der Waals surface area contributed by atoms with Crippen LogP contribution in [0.15, 0.2) is 59.8 Å². The van der Waals surface area contributed by atoms with E-state index in [2.05, 4.69) is 44.0 Å². The van der Waals surface area contributed by atoms with Gasteiger partial charge in [0, 0.05) is 29.9 Å². The van der Waals surface area contributed by atoms with Gasteiger partial charge in [0.15, 0.2) is 10.8 Å². The van der Waals surface area contributed by atoms with Crippen LogP contribution in [0.3, 0.4) is 0 Å². The molecule has 35 heavy (non-hydrogen) atoms. The van der Waals surface area contributed by atoms with Gasteiger partial charge in [-0.05, 0) is 37.6 Å². The van der Waals surface area contributed by atoms with E-state index in [1.807, 2.05) is 50.2 Å². The van der Waals surface area contributed by atoms with Crippen LogP contribution < -0.4 is 21.7 Å². The van der Waals surface area contributed by atoms with E-state index in [9.17, 15) is 0 Å². The van der Waals surface area contributed by atoms with Crippen molar-refractivity contribution >= 4 is 29.1 Å². The summed E-state index contributed by atoms with van der Waals surface area (Å²) in [5.41, 5.74) is 10.5. The highest BCUT2D eigenvalue weighted by Crippen LogP contribution is 2.49. The summed E-state index contributed by atoms with van der Waals surface area (Å²) in [7, 11) is 0. The van der Waals surface area contributed by atoms with E-state index in [0.29, 0.717) is 18.2 Å². The molecule has 8 nitrogen and oxygen atoms in total. The van der Waals surface area contributed by atoms with E-state index in [1.54, 1.807) is 0 Å². The van der Waals surface area contributed by atoms with Crippen LogP contribution in [0.4, 0.5) is 17.3 Å². The van der Waals surface area contributed by atoms with Crippen LogP contribution in [0.2, 0.25) is 0 Å². The number of fused-ring (bicyclic) bond motifs is 1. The van der Waals surface area contributed by atoms with Crippen LogP contribution in [0, 0.1) is 12.3 Å². The topological polar surface area (TPSA) is 106 Å². The second-order valence-corrected chi connectivity index (χ2v) is 10.2. The van der Waals surface area contributed by atoms with Gasteiger partial charge in [-0.15, -0.1) is 6.42 Å². The number of anilines is 3. The number of rotatable bonds is 7. The molecule has 2 aliphatic rings. The third-order valence-corrected chi connectivity index (χ3v) is 7.06. The molecule has 0 saturated carbocycles. The van der Waals surface area contributed by atoms with Gasteiger partial charge in [-0.1, -0.05) is 48.0 Å². The molecule has 1 saturated heterocycles. The molecule has 180 valence electrons. The van der Waals surface area contributed by atoms with Crippen molar-refractivity contribution in [1.29, 1.82) is 0 Å². The minimum atomic E-state index is -0.859. The van der Waals surface area contributed by atoms with Crippen molar-refractivity contribution in [1.82, 2.24) is 15.3 Å². The molecule has 3 aromatic rings. The number of hydrogen-bond acceptors (Lipinski definition) is 9. The zero-order valence-corrected chi connectivity index (χ0v) is 20.5. The Morgan fingerprint density at radius 1 is 1.23 bits per heavy atom. The first kappa shape index (κ1) is 23.6. The van der Waals surface area contributed by atoms with Gasteiger partial charge in [-0.3, -0.25) is 5.73 Å². The largest absolute Gasteiger partial charge is 0.348 e. The standard InChI is InChI=1S/C26H28N6O2S/c1-4-17-6-5-7-20(12-17)31-23-22-24(30-16-29-23)32-26(27,35-22)19-10-8-18(9-11-19)13-28-14-21-15-33-25(2,3)34-21/h1,5-12,16,21,28H,13-15,27H2,2-3H3,(H2,29,30,31,32). The van der Waals surface area contributed by atoms with Crippen LogP contribution in [0.5, 0.6) is 0 Å². The minimum Gasteiger partial charge on any atom is -0.348 e. The minimum absolute atomic E-state index is 0.0622. The van der Waals surface area contributed by atoms with Crippen LogP contribution in [0.25, 0.3) is 0 Å². The van der Waals surface area contributed by atoms with E-state index >= 15 is 0 Å². The van der Waals surface area contributed by atoms with Gasteiger partial charge in [0.1, 0.15) is 18.0 Å². The smallest absolute Gasteiger partial charge is 0.167 e. The van der Waals surface area contributed by atoms with Gasteiger partial charge in [-0.2, -0.15) is 0 Å². The van der Waals surface area contributed by atoms with Crippen molar-refractivity contribution in [3.05, 3.63) is 71.5 Å². The summed E-state index contributed by atoms with van der Waals surface area (Å²) >= 11 is 1.48. The summed E-state index contributed by atoms with van der Waals surface area (Å²) in [5.74, 6) is 3.51. The molecular weight excluding hydrogens is 460 g/mol. The Balaban J connectivity index is 1.24. The molecule has 9 heteroatoms. The lowest BCUT2D eigenvalue weighted by molar-refractivity contribution is -0.137. The molecular formula is C26H28N6O2S. The SMILES string of the molecule is C#Cc1cccc(Nc2ncnc3c2SC(N)(c2ccc(CNCC4COC(C)(C)O4)cc2)N3)c1. The first-order valence-corrected chi connectivity index (χ1v) is 12.2. The highest BCUT2D eigenvalue weighted by atomic mass is 32.2. The molecule has 2 unspecified atom stereocenters. The van der Waals surface area contributed by atoms with E-state index in [4.69, 9.17) is 21.6 Å². The van der Waals surface area contributed by atoms with Crippen LogP contribution in [-0.2, 0) is 21.0 Å². The quantitative estimate of drug-likeness (QED) is 0.370. The maximum Gasteiger partial charge on any atom is 0.167 e. The van der Waals surface area contributed by atoms with E-state index in [-0.39, 0.29) is 6.10 Å². The maximum absolute atomic E-state index is 6.78. The molecule has 0 bridgehead atoms. The van der Waals surface area contributed by atoms with Crippen molar-refractivity contribution in [2.75, 3.05) is 23.8 Å². The van der Waals surface area contributed by atoms with E-state index in [0.717, 1.165) is 40.4 Å². The molecule has 0 radical (unpaired) electrons. The lowest BCUT2D eigenvalue weighted by Crippen LogP contribution is -2.38. The Morgan fingerprint density at radius 3 is 2.80 bits per heavy atom. The molecule has 2 atom stereocenters. The average molecular weight is 489 g/mol. The number of aromatic nitrogens is 2. The summed E-state index contributed by atoms with van der Waals surface area (Å²) in [5, 5.41) is 10.1. The first-order valence-electron chi connectivity index (χ1n) is 11.4. The fourth-order valence-electron chi connectivity index (χ4n) is 4.08. The maximum atomic E-state index is 6.78. The predicted octanol–water partition coefficient (Wildman–Crippen LogP) is 3.73. The number of thioether (sulfide) groups is 1. The van der Waals surface area contributed by atoms with Crippen LogP contribution >= 0.6 is 11.8 Å². The Morgan fingerprint density at radius 2 is 2.06 bits per heavy atom. The Labute approximate surface area is 209 Å². The average Bonchev–Trinajstić information content (AvgIpc) is 3.39. The zero-order chi connectivity index (χ0) is 24.5. The van der Waals surface area contributed by atoms with Gasteiger partial charge in [0.2, 0.25) is 0 Å². The van der Waals surface area contributed by atoms with Crippen molar-refractivity contribution in [3.63, 3.8) is 0 Å². The number of benzene rings is 2. The molecule has 0 amide bonds. The van der Waals surface area contributed by atoms with Crippen molar-refractivity contribution in [3.8, 4) is 12.3 Å². The molecule has 0 spiro atoms. The number of hydrogen-bond donors (Lipinski definition) is 4. The fraction of sp³-hybridized carbons (Fsp3) is 0.308. The highest BCUT2D eigenvalue weighted by molar-refractivity contribution is 8.01. The third-order valence-electron chi connectivity index (χ3n) is 5.81. The fourth-order valence-corrected chi connectivity index (χ4v) is 5.20. The molecule has 3 heterocycles. The Bertz CT molecular complexity index is 1260. The predicted molar refractivity (Wildman–Crippen MR) is 138 cm³/mol. The third kappa shape index (κ3) is 5.27. The Kier molecular flexibility index (Phi) is 6.40. The van der Waals surface area contributed by atoms with Crippen LogP contribution in [-0.4, -0.2) is 35.0 Å². The van der Waals surface area contributed by atoms with Crippen molar-refractivity contribution < 1.29 is 9.47 Å². The molecule has 1 fully saturated rings. The summed E-state index contributed by atoms with van der Waals surface area (Å²) in [4.78, 5) is 8.82. The lowest BCUT2D eigenvalue weighted by atomic mass is 10.1.